The molecule has 1 atom stereocenters. The Balaban J connectivity index is 1.41. The van der Waals surface area contributed by atoms with Crippen molar-refractivity contribution >= 4 is 16.8 Å². The summed E-state index contributed by atoms with van der Waals surface area (Å²) in [5.74, 6) is -0.309. The number of carbonyl (C=O) groups is 1. The van der Waals surface area contributed by atoms with Crippen LogP contribution in [0.25, 0.3) is 10.9 Å². The molecule has 2 aliphatic rings. The van der Waals surface area contributed by atoms with Crippen molar-refractivity contribution in [3.63, 3.8) is 0 Å². The number of fused-ring (bicyclic) bond motifs is 1. The van der Waals surface area contributed by atoms with E-state index in [0.29, 0.717) is 29.4 Å². The van der Waals surface area contributed by atoms with Gasteiger partial charge in [-0.15, -0.1) is 0 Å². The number of H-pyrrole nitrogens is 1. The van der Waals surface area contributed by atoms with Crippen molar-refractivity contribution in [2.45, 2.75) is 44.6 Å². The van der Waals surface area contributed by atoms with Gasteiger partial charge in [-0.05, 0) is 49.9 Å². The van der Waals surface area contributed by atoms with E-state index >= 15 is 0 Å². The Morgan fingerprint density at radius 2 is 2.00 bits per heavy atom. The monoisotopic (exact) mass is 371 g/mol. The number of carbonyl (C=O) groups excluding carboxylic acids is 1. The molecule has 0 unspecified atom stereocenters. The van der Waals surface area contributed by atoms with Gasteiger partial charge in [0.1, 0.15) is 5.82 Å². The number of benzene rings is 1. The molecule has 2 N–H and O–H groups in total. The van der Waals surface area contributed by atoms with Crippen LogP contribution in [0.2, 0.25) is 0 Å². The molecular weight excluding hydrogens is 345 g/mol. The number of hydrogen-bond donors (Lipinski definition) is 2. The SMILES string of the molecule is O=C(NC[C@@H]1CCN(C2CCCCC2)C1)c1cc(=O)[nH]c2ccc(F)cc12. The van der Waals surface area contributed by atoms with Gasteiger partial charge in [0.05, 0.1) is 5.56 Å². The summed E-state index contributed by atoms with van der Waals surface area (Å²) in [5.41, 5.74) is 0.345. The summed E-state index contributed by atoms with van der Waals surface area (Å²) in [4.78, 5) is 29.7. The molecule has 5 nitrogen and oxygen atoms in total. The lowest BCUT2D eigenvalue weighted by molar-refractivity contribution is 0.0948. The molecule has 0 radical (unpaired) electrons. The van der Waals surface area contributed by atoms with Crippen LogP contribution in [0.1, 0.15) is 48.9 Å². The van der Waals surface area contributed by atoms with Crippen LogP contribution in [0.3, 0.4) is 0 Å². The summed E-state index contributed by atoms with van der Waals surface area (Å²) in [6, 6.07) is 6.01. The highest BCUT2D eigenvalue weighted by Gasteiger charge is 2.29. The topological polar surface area (TPSA) is 65.2 Å². The van der Waals surface area contributed by atoms with Crippen LogP contribution in [0.15, 0.2) is 29.1 Å². The van der Waals surface area contributed by atoms with Crippen molar-refractivity contribution in [2.75, 3.05) is 19.6 Å². The first kappa shape index (κ1) is 18.2. The number of likely N-dealkylation sites (tertiary alicyclic amines) is 1. The Labute approximate surface area is 157 Å². The van der Waals surface area contributed by atoms with E-state index in [0.717, 1.165) is 19.5 Å². The van der Waals surface area contributed by atoms with Gasteiger partial charge < -0.3 is 15.2 Å². The van der Waals surface area contributed by atoms with E-state index in [2.05, 4.69) is 15.2 Å². The first-order chi connectivity index (χ1) is 13.1. The average Bonchev–Trinajstić information content (AvgIpc) is 3.15. The average molecular weight is 371 g/mol. The number of halogens is 1. The van der Waals surface area contributed by atoms with Crippen LogP contribution in [0.5, 0.6) is 0 Å². The molecule has 1 aliphatic carbocycles. The summed E-state index contributed by atoms with van der Waals surface area (Å²) in [6.45, 7) is 2.71. The van der Waals surface area contributed by atoms with Crippen molar-refractivity contribution < 1.29 is 9.18 Å². The Kier molecular flexibility index (Phi) is 5.25. The maximum absolute atomic E-state index is 13.6. The van der Waals surface area contributed by atoms with Gasteiger partial charge in [-0.25, -0.2) is 4.39 Å². The van der Waals surface area contributed by atoms with Gasteiger partial charge in [0, 0.05) is 36.1 Å². The quantitative estimate of drug-likeness (QED) is 0.868. The van der Waals surface area contributed by atoms with Crippen LogP contribution < -0.4 is 10.9 Å². The molecule has 144 valence electrons. The molecule has 1 saturated carbocycles. The third-order valence-corrected chi connectivity index (χ3v) is 6.01. The Bertz CT molecular complexity index is 889. The lowest BCUT2D eigenvalue weighted by Crippen LogP contribution is -2.36. The fraction of sp³-hybridized carbons (Fsp3) is 0.524. The van der Waals surface area contributed by atoms with Crippen LogP contribution in [-0.2, 0) is 0 Å². The number of nitrogens with one attached hydrogen (secondary N) is 2. The Morgan fingerprint density at radius 1 is 1.19 bits per heavy atom. The van der Waals surface area contributed by atoms with Crippen LogP contribution >= 0.6 is 0 Å². The third kappa shape index (κ3) is 4.05. The predicted octanol–water partition coefficient (Wildman–Crippen LogP) is 3.05. The standard InChI is InChI=1S/C21H26FN3O2/c22-15-6-7-19-17(10-15)18(11-20(26)24-19)21(27)23-12-14-8-9-25(13-14)16-4-2-1-3-5-16/h6-7,10-11,14,16H,1-5,8-9,12-13H2,(H,23,27)(H,24,26)/t14-/m0/s1. The number of hydrogen-bond acceptors (Lipinski definition) is 3. The van der Waals surface area contributed by atoms with Crippen LogP contribution in [0.4, 0.5) is 4.39 Å². The highest BCUT2D eigenvalue weighted by Crippen LogP contribution is 2.27. The number of amides is 1. The number of aromatic amines is 1. The summed E-state index contributed by atoms with van der Waals surface area (Å²) >= 11 is 0. The summed E-state index contributed by atoms with van der Waals surface area (Å²) in [6.07, 6.45) is 7.69. The lowest BCUT2D eigenvalue weighted by Gasteiger charge is -2.31. The molecule has 2 aromatic rings. The molecule has 6 heteroatoms. The van der Waals surface area contributed by atoms with Gasteiger partial charge in [-0.1, -0.05) is 19.3 Å². The molecule has 1 aromatic heterocycles. The molecular formula is C21H26FN3O2. The van der Waals surface area contributed by atoms with Gasteiger partial charge in [-0.3, -0.25) is 9.59 Å². The highest BCUT2D eigenvalue weighted by molar-refractivity contribution is 6.05. The molecule has 1 aromatic carbocycles. The second-order valence-corrected chi connectivity index (χ2v) is 7.89. The summed E-state index contributed by atoms with van der Waals surface area (Å²) < 4.78 is 13.6. The first-order valence-corrected chi connectivity index (χ1v) is 9.95. The van der Waals surface area contributed by atoms with Crippen molar-refractivity contribution in [2.24, 2.45) is 5.92 Å². The number of nitrogens with zero attached hydrogens (tertiary/aromatic N) is 1. The lowest BCUT2D eigenvalue weighted by atomic mass is 9.94. The van der Waals surface area contributed by atoms with Crippen LogP contribution in [0, 0.1) is 11.7 Å². The number of pyridine rings is 1. The van der Waals surface area contributed by atoms with E-state index in [1.165, 1.54) is 56.4 Å². The zero-order valence-corrected chi connectivity index (χ0v) is 15.5. The van der Waals surface area contributed by atoms with E-state index in [1.807, 2.05) is 0 Å². The van der Waals surface area contributed by atoms with Crippen LogP contribution in [-0.4, -0.2) is 41.5 Å². The minimum absolute atomic E-state index is 0.232. The van der Waals surface area contributed by atoms with Gasteiger partial charge >= 0.3 is 0 Å². The van der Waals surface area contributed by atoms with Gasteiger partial charge in [0.25, 0.3) is 5.91 Å². The fourth-order valence-corrected chi connectivity index (χ4v) is 4.55. The van der Waals surface area contributed by atoms with Gasteiger partial charge in [-0.2, -0.15) is 0 Å². The Hall–Kier alpha value is -2.21. The highest BCUT2D eigenvalue weighted by atomic mass is 19.1. The molecule has 1 aliphatic heterocycles. The number of aromatic nitrogens is 1. The molecule has 4 rings (SSSR count). The maximum atomic E-state index is 13.6. The van der Waals surface area contributed by atoms with Crippen molar-refractivity contribution in [1.82, 2.24) is 15.2 Å². The fourth-order valence-electron chi connectivity index (χ4n) is 4.55. The third-order valence-electron chi connectivity index (χ3n) is 6.01. The molecule has 2 heterocycles. The van der Waals surface area contributed by atoms with Crippen molar-refractivity contribution in [3.8, 4) is 0 Å². The Morgan fingerprint density at radius 3 is 2.81 bits per heavy atom. The maximum Gasteiger partial charge on any atom is 0.252 e. The van der Waals surface area contributed by atoms with Crippen molar-refractivity contribution in [1.29, 1.82) is 0 Å². The van der Waals surface area contributed by atoms with Gasteiger partial charge in [0.15, 0.2) is 0 Å². The van der Waals surface area contributed by atoms with Crippen molar-refractivity contribution in [3.05, 3.63) is 46.0 Å². The zero-order chi connectivity index (χ0) is 18.8. The number of rotatable bonds is 4. The second kappa shape index (κ2) is 7.80. The molecule has 0 bridgehead atoms. The first-order valence-electron chi connectivity index (χ1n) is 9.95. The largest absolute Gasteiger partial charge is 0.352 e. The molecule has 27 heavy (non-hydrogen) atoms. The van der Waals surface area contributed by atoms with E-state index < -0.39 is 5.82 Å². The molecule has 1 amide bonds. The minimum atomic E-state index is -0.428. The second-order valence-electron chi connectivity index (χ2n) is 7.89. The van der Waals surface area contributed by atoms with E-state index in [9.17, 15) is 14.0 Å². The molecule has 0 spiro atoms. The van der Waals surface area contributed by atoms with E-state index in [4.69, 9.17) is 0 Å². The van der Waals surface area contributed by atoms with Gasteiger partial charge in [0.2, 0.25) is 5.56 Å². The normalized spacial score (nSPS) is 21.6. The van der Waals surface area contributed by atoms with E-state index in [1.54, 1.807) is 0 Å². The zero-order valence-electron chi connectivity index (χ0n) is 15.5. The summed E-state index contributed by atoms with van der Waals surface area (Å²) in [5, 5.41) is 3.40. The minimum Gasteiger partial charge on any atom is -0.352 e. The van der Waals surface area contributed by atoms with E-state index in [-0.39, 0.29) is 17.0 Å². The predicted molar refractivity (Wildman–Crippen MR) is 103 cm³/mol. The molecule has 2 fully saturated rings. The summed E-state index contributed by atoms with van der Waals surface area (Å²) in [7, 11) is 0. The molecule has 1 saturated heterocycles. The smallest absolute Gasteiger partial charge is 0.252 e.